The van der Waals surface area contributed by atoms with Gasteiger partial charge in [-0.05, 0) is 49.8 Å². The van der Waals surface area contributed by atoms with Crippen molar-refractivity contribution >= 4 is 0 Å². The van der Waals surface area contributed by atoms with Crippen LogP contribution in [0.1, 0.15) is 49.7 Å². The lowest BCUT2D eigenvalue weighted by molar-refractivity contribution is 0.183. The molecule has 1 heterocycles. The summed E-state index contributed by atoms with van der Waals surface area (Å²) in [4.78, 5) is 2.68. The highest BCUT2D eigenvalue weighted by Crippen LogP contribution is 2.36. The second-order valence-corrected chi connectivity index (χ2v) is 6.34. The summed E-state index contributed by atoms with van der Waals surface area (Å²) < 4.78 is 0. The molecule has 1 saturated carbocycles. The van der Waals surface area contributed by atoms with Crippen LogP contribution in [-0.2, 0) is 6.54 Å². The molecule has 0 aromatic heterocycles. The molecule has 1 unspecified atom stereocenters. The predicted molar refractivity (Wildman–Crippen MR) is 85.8 cm³/mol. The van der Waals surface area contributed by atoms with Gasteiger partial charge in [0.25, 0.3) is 0 Å². The minimum atomic E-state index is -0.0667. The topological polar surface area (TPSA) is 23.5 Å². The zero-order valence-electron chi connectivity index (χ0n) is 12.7. The highest BCUT2D eigenvalue weighted by molar-refractivity contribution is 5.41. The SMILES string of the molecule is OCC#Cc1ccccc1CN1CCCC1C1CCCC1. The fourth-order valence-corrected chi connectivity index (χ4v) is 4.06. The summed E-state index contributed by atoms with van der Waals surface area (Å²) in [7, 11) is 0. The number of aliphatic hydroxyl groups is 1. The van der Waals surface area contributed by atoms with Crippen LogP contribution in [0.2, 0.25) is 0 Å². The third kappa shape index (κ3) is 3.48. The van der Waals surface area contributed by atoms with Crippen molar-refractivity contribution in [3.05, 3.63) is 35.4 Å². The first kappa shape index (κ1) is 14.6. The Morgan fingerprint density at radius 2 is 1.90 bits per heavy atom. The fraction of sp³-hybridized carbons (Fsp3) is 0.579. The molecule has 3 rings (SSSR count). The van der Waals surface area contributed by atoms with E-state index in [1.807, 2.05) is 6.07 Å². The molecule has 1 saturated heterocycles. The van der Waals surface area contributed by atoms with E-state index in [1.54, 1.807) is 0 Å². The van der Waals surface area contributed by atoms with E-state index in [9.17, 15) is 0 Å². The standard InChI is InChI=1S/C19H25NO/c21-14-6-11-16-7-1-4-10-18(16)15-20-13-5-12-19(20)17-8-2-3-9-17/h1,4,7,10,17,19,21H,2-3,5,8-9,12-15H2. The predicted octanol–water partition coefficient (Wildman–Crippen LogP) is 3.19. The molecule has 2 aliphatic rings. The normalized spacial score (nSPS) is 23.2. The Kier molecular flexibility index (Phi) is 4.95. The zero-order chi connectivity index (χ0) is 14.5. The minimum Gasteiger partial charge on any atom is -0.384 e. The highest BCUT2D eigenvalue weighted by atomic mass is 16.2. The number of hydrogen-bond acceptors (Lipinski definition) is 2. The largest absolute Gasteiger partial charge is 0.384 e. The summed E-state index contributed by atoms with van der Waals surface area (Å²) in [6, 6.07) is 9.17. The van der Waals surface area contributed by atoms with Gasteiger partial charge in [0.05, 0.1) is 0 Å². The molecule has 0 spiro atoms. The molecule has 1 atom stereocenters. The van der Waals surface area contributed by atoms with Crippen molar-refractivity contribution in [1.82, 2.24) is 4.90 Å². The van der Waals surface area contributed by atoms with Gasteiger partial charge < -0.3 is 5.11 Å². The zero-order valence-corrected chi connectivity index (χ0v) is 12.7. The summed E-state index contributed by atoms with van der Waals surface area (Å²) in [6.07, 6.45) is 8.40. The van der Waals surface area contributed by atoms with E-state index >= 15 is 0 Å². The van der Waals surface area contributed by atoms with Gasteiger partial charge >= 0.3 is 0 Å². The maximum atomic E-state index is 8.90. The van der Waals surface area contributed by atoms with E-state index in [-0.39, 0.29) is 6.61 Å². The van der Waals surface area contributed by atoms with Gasteiger partial charge in [-0.2, -0.15) is 0 Å². The Hall–Kier alpha value is -1.30. The van der Waals surface area contributed by atoms with Crippen LogP contribution in [0.5, 0.6) is 0 Å². The molecule has 1 aliphatic carbocycles. The smallest absolute Gasteiger partial charge is 0.104 e. The maximum Gasteiger partial charge on any atom is 0.104 e. The molecule has 2 heteroatoms. The van der Waals surface area contributed by atoms with Crippen LogP contribution >= 0.6 is 0 Å². The van der Waals surface area contributed by atoms with Gasteiger partial charge in [0, 0.05) is 18.2 Å². The Morgan fingerprint density at radius 3 is 2.71 bits per heavy atom. The molecule has 2 nitrogen and oxygen atoms in total. The number of hydrogen-bond donors (Lipinski definition) is 1. The van der Waals surface area contributed by atoms with Crippen LogP contribution in [0.4, 0.5) is 0 Å². The van der Waals surface area contributed by atoms with Gasteiger partial charge in [-0.3, -0.25) is 4.90 Å². The van der Waals surface area contributed by atoms with Crippen LogP contribution in [0.15, 0.2) is 24.3 Å². The summed E-state index contributed by atoms with van der Waals surface area (Å²) >= 11 is 0. The number of rotatable bonds is 3. The number of benzene rings is 1. The molecule has 1 aliphatic heterocycles. The molecule has 2 fully saturated rings. The number of nitrogens with zero attached hydrogens (tertiary/aromatic N) is 1. The molecule has 21 heavy (non-hydrogen) atoms. The molecular weight excluding hydrogens is 258 g/mol. The summed E-state index contributed by atoms with van der Waals surface area (Å²) in [5.74, 6) is 6.80. The Morgan fingerprint density at radius 1 is 1.10 bits per heavy atom. The van der Waals surface area contributed by atoms with E-state index in [1.165, 1.54) is 50.6 Å². The monoisotopic (exact) mass is 283 g/mol. The van der Waals surface area contributed by atoms with Crippen molar-refractivity contribution in [2.75, 3.05) is 13.2 Å². The first-order valence-electron chi connectivity index (χ1n) is 8.30. The van der Waals surface area contributed by atoms with Crippen molar-refractivity contribution in [3.63, 3.8) is 0 Å². The molecule has 1 aromatic rings. The number of likely N-dealkylation sites (tertiary alicyclic amines) is 1. The lowest BCUT2D eigenvalue weighted by Crippen LogP contribution is -2.34. The van der Waals surface area contributed by atoms with Gasteiger partial charge in [-0.15, -0.1) is 0 Å². The lowest BCUT2D eigenvalue weighted by atomic mass is 9.95. The van der Waals surface area contributed by atoms with E-state index in [4.69, 9.17) is 5.11 Å². The highest BCUT2D eigenvalue weighted by Gasteiger charge is 2.33. The maximum absolute atomic E-state index is 8.90. The second kappa shape index (κ2) is 7.11. The van der Waals surface area contributed by atoms with Gasteiger partial charge in [0.1, 0.15) is 6.61 Å². The fourth-order valence-electron chi connectivity index (χ4n) is 4.06. The lowest BCUT2D eigenvalue weighted by Gasteiger charge is -2.29. The van der Waals surface area contributed by atoms with Crippen molar-refractivity contribution in [2.45, 2.75) is 51.1 Å². The van der Waals surface area contributed by atoms with Crippen LogP contribution in [-0.4, -0.2) is 29.2 Å². The van der Waals surface area contributed by atoms with E-state index in [0.29, 0.717) is 0 Å². The summed E-state index contributed by atoms with van der Waals surface area (Å²) in [5, 5.41) is 8.90. The van der Waals surface area contributed by atoms with Crippen molar-refractivity contribution in [2.24, 2.45) is 5.92 Å². The molecule has 0 bridgehead atoms. The Labute approximate surface area is 128 Å². The molecular formula is C19H25NO. The quantitative estimate of drug-likeness (QED) is 0.861. The van der Waals surface area contributed by atoms with E-state index in [2.05, 4.69) is 34.9 Å². The van der Waals surface area contributed by atoms with E-state index < -0.39 is 0 Å². The second-order valence-electron chi connectivity index (χ2n) is 6.34. The Bertz CT molecular complexity index is 522. The van der Waals surface area contributed by atoms with Gasteiger partial charge in [0.15, 0.2) is 0 Å². The third-order valence-corrected chi connectivity index (χ3v) is 5.05. The molecule has 1 aromatic carbocycles. The molecule has 1 N–H and O–H groups in total. The van der Waals surface area contributed by atoms with Crippen LogP contribution in [0.3, 0.4) is 0 Å². The molecule has 0 radical (unpaired) electrons. The average molecular weight is 283 g/mol. The first-order chi connectivity index (χ1) is 10.4. The summed E-state index contributed by atoms with van der Waals surface area (Å²) in [6.45, 7) is 2.17. The van der Waals surface area contributed by atoms with Gasteiger partial charge in [0.2, 0.25) is 0 Å². The van der Waals surface area contributed by atoms with Crippen molar-refractivity contribution in [1.29, 1.82) is 0 Å². The average Bonchev–Trinajstić information content (AvgIpc) is 3.17. The Balaban J connectivity index is 1.73. The van der Waals surface area contributed by atoms with Crippen molar-refractivity contribution < 1.29 is 5.11 Å². The first-order valence-corrected chi connectivity index (χ1v) is 8.30. The molecule has 112 valence electrons. The van der Waals surface area contributed by atoms with Crippen LogP contribution in [0.25, 0.3) is 0 Å². The van der Waals surface area contributed by atoms with Gasteiger partial charge in [-0.25, -0.2) is 0 Å². The number of aliphatic hydroxyl groups excluding tert-OH is 1. The summed E-state index contributed by atoms with van der Waals surface area (Å²) in [5.41, 5.74) is 2.38. The van der Waals surface area contributed by atoms with Crippen molar-refractivity contribution in [3.8, 4) is 11.8 Å². The third-order valence-electron chi connectivity index (χ3n) is 5.05. The van der Waals surface area contributed by atoms with E-state index in [0.717, 1.165) is 24.1 Å². The minimum absolute atomic E-state index is 0.0667. The van der Waals surface area contributed by atoms with Gasteiger partial charge in [-0.1, -0.05) is 42.9 Å². The van der Waals surface area contributed by atoms with Crippen LogP contribution < -0.4 is 0 Å². The molecule has 0 amide bonds. The van der Waals surface area contributed by atoms with Crippen LogP contribution in [0, 0.1) is 17.8 Å².